The highest BCUT2D eigenvalue weighted by molar-refractivity contribution is 5.77. The highest BCUT2D eigenvalue weighted by Crippen LogP contribution is 2.03. The van der Waals surface area contributed by atoms with Crippen molar-refractivity contribution < 1.29 is 0 Å². The summed E-state index contributed by atoms with van der Waals surface area (Å²) in [5, 5.41) is 3.15. The van der Waals surface area contributed by atoms with E-state index >= 15 is 0 Å². The van der Waals surface area contributed by atoms with E-state index < -0.39 is 0 Å². The number of aliphatic imine (C=N–C) groups is 1. The molecule has 118 valence electrons. The molecule has 1 fully saturated rings. The molecule has 0 unspecified atom stereocenters. The van der Waals surface area contributed by atoms with E-state index in [1.54, 1.807) is 0 Å². The van der Waals surface area contributed by atoms with E-state index in [4.69, 9.17) is 5.73 Å². The highest BCUT2D eigenvalue weighted by atomic mass is 15.3. The molecule has 1 heterocycles. The van der Waals surface area contributed by atoms with Crippen molar-refractivity contribution in [2.45, 2.75) is 39.5 Å². The van der Waals surface area contributed by atoms with Crippen molar-refractivity contribution in [3.05, 3.63) is 0 Å². The third-order valence-corrected chi connectivity index (χ3v) is 3.91. The van der Waals surface area contributed by atoms with Crippen LogP contribution in [0.5, 0.6) is 0 Å². The third kappa shape index (κ3) is 7.70. The van der Waals surface area contributed by atoms with Crippen LogP contribution in [-0.4, -0.2) is 68.1 Å². The Kier molecular flexibility index (Phi) is 9.41. The minimum Gasteiger partial charge on any atom is -0.370 e. The van der Waals surface area contributed by atoms with E-state index in [0.717, 1.165) is 25.9 Å². The first-order valence-corrected chi connectivity index (χ1v) is 8.24. The minimum atomic E-state index is 0.606. The molecule has 0 aromatic rings. The zero-order valence-corrected chi connectivity index (χ0v) is 13.4. The van der Waals surface area contributed by atoms with Gasteiger partial charge in [0.05, 0.1) is 0 Å². The molecular weight excluding hydrogens is 250 g/mol. The molecule has 0 amide bonds. The van der Waals surface area contributed by atoms with Crippen LogP contribution >= 0.6 is 0 Å². The van der Waals surface area contributed by atoms with Crippen LogP contribution in [-0.2, 0) is 0 Å². The molecule has 0 bridgehead atoms. The molecule has 0 spiro atoms. The SMILES string of the molecule is CCCCNC(N)=NCCCCN1CCN(CC)CC1. The third-order valence-electron chi connectivity index (χ3n) is 3.91. The van der Waals surface area contributed by atoms with Crippen LogP contribution in [0.4, 0.5) is 0 Å². The number of hydrogen-bond acceptors (Lipinski definition) is 3. The number of nitrogens with two attached hydrogens (primary N) is 1. The van der Waals surface area contributed by atoms with Crippen molar-refractivity contribution in [1.29, 1.82) is 0 Å². The topological polar surface area (TPSA) is 56.9 Å². The average molecular weight is 283 g/mol. The van der Waals surface area contributed by atoms with E-state index in [-0.39, 0.29) is 0 Å². The maximum absolute atomic E-state index is 5.79. The number of piperazine rings is 1. The zero-order valence-electron chi connectivity index (χ0n) is 13.4. The molecular formula is C15H33N5. The summed E-state index contributed by atoms with van der Waals surface area (Å²) in [6.45, 7) is 13.5. The predicted molar refractivity (Wildman–Crippen MR) is 87.2 cm³/mol. The van der Waals surface area contributed by atoms with Crippen molar-refractivity contribution in [3.63, 3.8) is 0 Å². The lowest BCUT2D eigenvalue weighted by atomic mass is 10.2. The summed E-state index contributed by atoms with van der Waals surface area (Å²) in [5.74, 6) is 0.606. The molecule has 0 saturated carbocycles. The summed E-state index contributed by atoms with van der Waals surface area (Å²) in [7, 11) is 0. The van der Waals surface area contributed by atoms with Gasteiger partial charge < -0.3 is 20.9 Å². The van der Waals surface area contributed by atoms with Crippen LogP contribution < -0.4 is 11.1 Å². The molecule has 1 aliphatic heterocycles. The molecule has 1 rings (SSSR count). The monoisotopic (exact) mass is 283 g/mol. The molecule has 0 radical (unpaired) electrons. The Hall–Kier alpha value is -0.810. The second-order valence-electron chi connectivity index (χ2n) is 5.53. The predicted octanol–water partition coefficient (Wildman–Crippen LogP) is 1.11. The van der Waals surface area contributed by atoms with Crippen molar-refractivity contribution >= 4 is 5.96 Å². The Balaban J connectivity index is 1.98. The summed E-state index contributed by atoms with van der Waals surface area (Å²) in [6.07, 6.45) is 4.69. The van der Waals surface area contributed by atoms with Crippen molar-refractivity contribution in [1.82, 2.24) is 15.1 Å². The van der Waals surface area contributed by atoms with Gasteiger partial charge in [-0.2, -0.15) is 0 Å². The molecule has 0 aromatic heterocycles. The van der Waals surface area contributed by atoms with Crippen molar-refractivity contribution in [2.24, 2.45) is 10.7 Å². The summed E-state index contributed by atoms with van der Waals surface area (Å²) < 4.78 is 0. The van der Waals surface area contributed by atoms with Gasteiger partial charge in [-0.25, -0.2) is 0 Å². The molecule has 1 saturated heterocycles. The van der Waals surface area contributed by atoms with Crippen molar-refractivity contribution in [3.8, 4) is 0 Å². The molecule has 5 nitrogen and oxygen atoms in total. The Morgan fingerprint density at radius 1 is 1.05 bits per heavy atom. The van der Waals surface area contributed by atoms with Gasteiger partial charge in [0.1, 0.15) is 0 Å². The summed E-state index contributed by atoms with van der Waals surface area (Å²) in [4.78, 5) is 9.45. The normalized spacial score (nSPS) is 18.4. The van der Waals surface area contributed by atoms with Crippen LogP contribution in [0, 0.1) is 0 Å². The van der Waals surface area contributed by atoms with Crippen LogP contribution in [0.15, 0.2) is 4.99 Å². The van der Waals surface area contributed by atoms with E-state index in [1.165, 1.54) is 52.1 Å². The van der Waals surface area contributed by atoms with Crippen LogP contribution in [0.2, 0.25) is 0 Å². The van der Waals surface area contributed by atoms with E-state index in [0.29, 0.717) is 5.96 Å². The smallest absolute Gasteiger partial charge is 0.188 e. The van der Waals surface area contributed by atoms with Gasteiger partial charge in [0.25, 0.3) is 0 Å². The van der Waals surface area contributed by atoms with Crippen LogP contribution in [0.1, 0.15) is 39.5 Å². The van der Waals surface area contributed by atoms with Gasteiger partial charge >= 0.3 is 0 Å². The van der Waals surface area contributed by atoms with Gasteiger partial charge in [-0.1, -0.05) is 20.3 Å². The Morgan fingerprint density at radius 3 is 2.40 bits per heavy atom. The number of hydrogen-bond donors (Lipinski definition) is 2. The van der Waals surface area contributed by atoms with Crippen molar-refractivity contribution in [2.75, 3.05) is 52.4 Å². The number of nitrogens with zero attached hydrogens (tertiary/aromatic N) is 3. The number of rotatable bonds is 9. The van der Waals surface area contributed by atoms with Crippen LogP contribution in [0.3, 0.4) is 0 Å². The van der Waals surface area contributed by atoms with E-state index in [2.05, 4.69) is 34.0 Å². The number of likely N-dealkylation sites (N-methyl/N-ethyl adjacent to an activating group) is 1. The number of unbranched alkanes of at least 4 members (excludes halogenated alkanes) is 2. The molecule has 3 N–H and O–H groups in total. The van der Waals surface area contributed by atoms with Gasteiger partial charge in [-0.3, -0.25) is 4.99 Å². The van der Waals surface area contributed by atoms with Gasteiger partial charge in [-0.05, 0) is 32.4 Å². The van der Waals surface area contributed by atoms with Gasteiger partial charge in [-0.15, -0.1) is 0 Å². The largest absolute Gasteiger partial charge is 0.370 e. The number of nitrogens with one attached hydrogen (secondary N) is 1. The molecule has 0 atom stereocenters. The molecule has 0 aliphatic carbocycles. The average Bonchev–Trinajstić information content (AvgIpc) is 2.48. The lowest BCUT2D eigenvalue weighted by Gasteiger charge is -2.33. The fourth-order valence-corrected chi connectivity index (χ4v) is 2.42. The molecule has 5 heteroatoms. The fourth-order valence-electron chi connectivity index (χ4n) is 2.42. The number of guanidine groups is 1. The van der Waals surface area contributed by atoms with Gasteiger partial charge in [0.2, 0.25) is 0 Å². The Labute approximate surface area is 124 Å². The quantitative estimate of drug-likeness (QED) is 0.378. The van der Waals surface area contributed by atoms with E-state index in [1.807, 2.05) is 0 Å². The lowest BCUT2D eigenvalue weighted by molar-refractivity contribution is 0.136. The summed E-state index contributed by atoms with van der Waals surface area (Å²) >= 11 is 0. The van der Waals surface area contributed by atoms with Crippen LogP contribution in [0.25, 0.3) is 0 Å². The second-order valence-corrected chi connectivity index (χ2v) is 5.53. The summed E-state index contributed by atoms with van der Waals surface area (Å²) in [5.41, 5.74) is 5.79. The van der Waals surface area contributed by atoms with Gasteiger partial charge in [0, 0.05) is 39.3 Å². The summed E-state index contributed by atoms with van der Waals surface area (Å²) in [6, 6.07) is 0. The zero-order chi connectivity index (χ0) is 14.6. The second kappa shape index (κ2) is 10.9. The molecule has 0 aromatic carbocycles. The molecule has 1 aliphatic rings. The Morgan fingerprint density at radius 2 is 1.75 bits per heavy atom. The lowest BCUT2D eigenvalue weighted by Crippen LogP contribution is -2.46. The first-order valence-electron chi connectivity index (χ1n) is 8.24. The first-order chi connectivity index (χ1) is 9.76. The molecule has 20 heavy (non-hydrogen) atoms. The highest BCUT2D eigenvalue weighted by Gasteiger charge is 2.14. The van der Waals surface area contributed by atoms with Gasteiger partial charge in [0.15, 0.2) is 5.96 Å². The fraction of sp³-hybridized carbons (Fsp3) is 0.933. The minimum absolute atomic E-state index is 0.606. The Bertz CT molecular complexity index is 259. The standard InChI is InChI=1S/C15H33N5/c1-3-5-8-17-15(16)18-9-6-7-10-20-13-11-19(4-2)12-14-20/h3-14H2,1-2H3,(H3,16,17,18). The maximum Gasteiger partial charge on any atom is 0.188 e. The van der Waals surface area contributed by atoms with E-state index in [9.17, 15) is 0 Å². The first kappa shape index (κ1) is 17.2. The maximum atomic E-state index is 5.79.